The van der Waals surface area contributed by atoms with Crippen LogP contribution in [-0.2, 0) is 4.79 Å². The Bertz CT molecular complexity index is 657. The maximum atomic E-state index is 12.2. The average Bonchev–Trinajstić information content (AvgIpc) is 2.93. The number of aliphatic hydroxyl groups is 1. The van der Waals surface area contributed by atoms with Gasteiger partial charge in [0.05, 0.1) is 0 Å². The van der Waals surface area contributed by atoms with Crippen molar-refractivity contribution in [2.75, 3.05) is 0 Å². The lowest BCUT2D eigenvalue weighted by Gasteiger charge is -2.61. The molecule has 2 heteroatoms. The SMILES string of the molecule is CC#CC1(O)CC[C@@]2(C)C(CC[C@H]3[C@@H]4CC[C@H](C(C)=O)[C@@]4(C)CC[C@@H]32)C1. The van der Waals surface area contributed by atoms with Gasteiger partial charge in [-0.2, -0.15) is 0 Å². The van der Waals surface area contributed by atoms with Gasteiger partial charge in [-0.1, -0.05) is 19.8 Å². The van der Waals surface area contributed by atoms with Gasteiger partial charge in [0.1, 0.15) is 11.4 Å². The van der Waals surface area contributed by atoms with E-state index in [4.69, 9.17) is 0 Å². The van der Waals surface area contributed by atoms with Crippen molar-refractivity contribution >= 4 is 5.78 Å². The zero-order valence-electron chi connectivity index (χ0n) is 17.1. The molecule has 0 aliphatic heterocycles. The second kappa shape index (κ2) is 6.10. The molecule has 0 saturated heterocycles. The van der Waals surface area contributed by atoms with Gasteiger partial charge in [0, 0.05) is 5.92 Å². The quantitative estimate of drug-likeness (QED) is 0.672. The minimum Gasteiger partial charge on any atom is -0.378 e. The van der Waals surface area contributed by atoms with E-state index in [1.54, 1.807) is 0 Å². The minimum atomic E-state index is -0.748. The lowest BCUT2D eigenvalue weighted by atomic mass is 9.44. The first-order valence-electron chi connectivity index (χ1n) is 10.9. The number of rotatable bonds is 1. The van der Waals surface area contributed by atoms with E-state index in [2.05, 4.69) is 25.7 Å². The van der Waals surface area contributed by atoms with Gasteiger partial charge >= 0.3 is 0 Å². The molecule has 4 aliphatic rings. The smallest absolute Gasteiger partial charge is 0.133 e. The van der Waals surface area contributed by atoms with E-state index in [1.807, 2.05) is 13.8 Å². The van der Waals surface area contributed by atoms with E-state index < -0.39 is 5.60 Å². The third kappa shape index (κ3) is 2.53. The zero-order valence-corrected chi connectivity index (χ0v) is 17.1. The van der Waals surface area contributed by atoms with Crippen molar-refractivity contribution in [2.24, 2.45) is 40.4 Å². The Morgan fingerprint density at radius 3 is 2.38 bits per heavy atom. The second-order valence-electron chi connectivity index (χ2n) is 10.6. The summed E-state index contributed by atoms with van der Waals surface area (Å²) in [5.41, 5.74) is -0.137. The van der Waals surface area contributed by atoms with E-state index in [0.717, 1.165) is 43.4 Å². The third-order valence-electron chi connectivity index (χ3n) is 9.57. The molecule has 0 bridgehead atoms. The van der Waals surface area contributed by atoms with E-state index in [9.17, 15) is 9.90 Å². The van der Waals surface area contributed by atoms with Crippen molar-refractivity contribution in [3.05, 3.63) is 0 Å². The molecule has 1 N–H and O–H groups in total. The molecule has 0 radical (unpaired) electrons. The van der Waals surface area contributed by atoms with Crippen LogP contribution in [0.25, 0.3) is 0 Å². The Morgan fingerprint density at radius 1 is 0.962 bits per heavy atom. The summed E-state index contributed by atoms with van der Waals surface area (Å²) in [7, 11) is 0. The summed E-state index contributed by atoms with van der Waals surface area (Å²) in [6.45, 7) is 8.61. The number of Topliss-reactive ketones (excluding diaryl/α,β-unsaturated/α-hetero) is 1. The summed E-state index contributed by atoms with van der Waals surface area (Å²) in [6.07, 6.45) is 10.2. The number of hydrogen-bond donors (Lipinski definition) is 1. The van der Waals surface area contributed by atoms with Gasteiger partial charge in [0.15, 0.2) is 0 Å². The lowest BCUT2D eigenvalue weighted by Crippen LogP contribution is -2.56. The number of carbonyl (C=O) groups excluding carboxylic acids is 1. The largest absolute Gasteiger partial charge is 0.378 e. The molecule has 0 aromatic heterocycles. The molecule has 4 aliphatic carbocycles. The molecular weight excluding hydrogens is 320 g/mol. The maximum absolute atomic E-state index is 12.2. The summed E-state index contributed by atoms with van der Waals surface area (Å²) in [4.78, 5) is 12.2. The Labute approximate surface area is 159 Å². The summed E-state index contributed by atoms with van der Waals surface area (Å²) < 4.78 is 0. The zero-order chi connectivity index (χ0) is 18.7. The molecule has 8 atom stereocenters. The molecule has 0 aromatic carbocycles. The minimum absolute atomic E-state index is 0.249. The van der Waals surface area contributed by atoms with Crippen LogP contribution in [0.3, 0.4) is 0 Å². The summed E-state index contributed by atoms with van der Waals surface area (Å²) >= 11 is 0. The van der Waals surface area contributed by atoms with Crippen molar-refractivity contribution in [2.45, 2.75) is 91.1 Å². The van der Waals surface area contributed by atoms with Gasteiger partial charge in [-0.05, 0) is 106 Å². The Morgan fingerprint density at radius 2 is 1.69 bits per heavy atom. The molecular formula is C24H36O2. The molecule has 4 fully saturated rings. The number of ketones is 1. The summed E-state index contributed by atoms with van der Waals surface area (Å²) in [6, 6.07) is 0. The highest BCUT2D eigenvalue weighted by atomic mass is 16.3. The van der Waals surface area contributed by atoms with E-state index >= 15 is 0 Å². The van der Waals surface area contributed by atoms with Crippen LogP contribution in [0.4, 0.5) is 0 Å². The molecule has 4 rings (SSSR count). The van der Waals surface area contributed by atoms with Gasteiger partial charge in [0.25, 0.3) is 0 Å². The van der Waals surface area contributed by atoms with Crippen molar-refractivity contribution < 1.29 is 9.90 Å². The van der Waals surface area contributed by atoms with Crippen LogP contribution in [0.2, 0.25) is 0 Å². The topological polar surface area (TPSA) is 37.3 Å². The van der Waals surface area contributed by atoms with Crippen LogP contribution in [0, 0.1) is 52.3 Å². The first-order valence-corrected chi connectivity index (χ1v) is 10.9. The van der Waals surface area contributed by atoms with Gasteiger partial charge in [-0.15, -0.1) is 5.92 Å². The van der Waals surface area contributed by atoms with Crippen molar-refractivity contribution in [1.82, 2.24) is 0 Å². The maximum Gasteiger partial charge on any atom is 0.133 e. The van der Waals surface area contributed by atoms with E-state index in [0.29, 0.717) is 23.0 Å². The lowest BCUT2D eigenvalue weighted by molar-refractivity contribution is -0.144. The number of fused-ring (bicyclic) bond motifs is 5. The van der Waals surface area contributed by atoms with Crippen LogP contribution in [0.5, 0.6) is 0 Å². The first kappa shape index (κ1) is 18.5. The summed E-state index contributed by atoms with van der Waals surface area (Å²) in [5, 5.41) is 10.9. The van der Waals surface area contributed by atoms with Crippen LogP contribution in [0.15, 0.2) is 0 Å². The fraction of sp³-hybridized carbons (Fsp3) is 0.875. The fourth-order valence-electron chi connectivity index (χ4n) is 8.26. The molecule has 2 unspecified atom stereocenters. The predicted molar refractivity (Wildman–Crippen MR) is 104 cm³/mol. The number of carbonyl (C=O) groups is 1. The molecule has 26 heavy (non-hydrogen) atoms. The first-order chi connectivity index (χ1) is 12.2. The number of hydrogen-bond acceptors (Lipinski definition) is 2. The molecule has 0 spiro atoms. The third-order valence-corrected chi connectivity index (χ3v) is 9.57. The van der Waals surface area contributed by atoms with Crippen LogP contribution in [-0.4, -0.2) is 16.5 Å². The fourth-order valence-corrected chi connectivity index (χ4v) is 8.26. The molecule has 0 amide bonds. The Kier molecular flexibility index (Phi) is 4.35. The van der Waals surface area contributed by atoms with Crippen molar-refractivity contribution in [3.8, 4) is 11.8 Å². The normalized spacial score (nSPS) is 52.9. The molecule has 0 heterocycles. The van der Waals surface area contributed by atoms with Gasteiger partial charge in [-0.3, -0.25) is 4.79 Å². The van der Waals surface area contributed by atoms with Crippen LogP contribution >= 0.6 is 0 Å². The second-order valence-corrected chi connectivity index (χ2v) is 10.6. The van der Waals surface area contributed by atoms with Gasteiger partial charge in [0.2, 0.25) is 0 Å². The predicted octanol–water partition coefficient (Wildman–Crippen LogP) is 4.99. The van der Waals surface area contributed by atoms with Crippen molar-refractivity contribution in [1.29, 1.82) is 0 Å². The van der Waals surface area contributed by atoms with E-state index in [1.165, 1.54) is 32.1 Å². The Hall–Kier alpha value is -0.810. The monoisotopic (exact) mass is 356 g/mol. The molecule has 2 nitrogen and oxygen atoms in total. The van der Waals surface area contributed by atoms with Crippen molar-refractivity contribution in [3.63, 3.8) is 0 Å². The van der Waals surface area contributed by atoms with Gasteiger partial charge < -0.3 is 5.11 Å². The van der Waals surface area contributed by atoms with E-state index in [-0.39, 0.29) is 5.41 Å². The highest BCUT2D eigenvalue weighted by Gasteiger charge is 2.61. The summed E-state index contributed by atoms with van der Waals surface area (Å²) in [5.74, 6) is 9.72. The standard InChI is InChI=1S/C24H36O2/c1-5-11-24(26)14-13-22(3)17(15-24)6-7-18-20-9-8-19(16(2)25)23(20,4)12-10-21(18)22/h17-21,26H,6-10,12-15H2,1-4H3/t17?,18-,19+,20-,21-,22-,23+,24?/m0/s1. The average molecular weight is 357 g/mol. The molecule has 0 aromatic rings. The Balaban J connectivity index is 1.59. The highest BCUT2D eigenvalue weighted by Crippen LogP contribution is 2.68. The molecule has 144 valence electrons. The highest BCUT2D eigenvalue weighted by molar-refractivity contribution is 5.79. The van der Waals surface area contributed by atoms with Gasteiger partial charge in [-0.25, -0.2) is 0 Å². The van der Waals surface area contributed by atoms with Crippen LogP contribution in [0.1, 0.15) is 85.5 Å². The molecule has 4 saturated carbocycles. The van der Waals surface area contributed by atoms with Crippen LogP contribution < -0.4 is 0 Å².